The van der Waals surface area contributed by atoms with Crippen LogP contribution in [0.4, 0.5) is 0 Å². The second kappa shape index (κ2) is 11.8. The van der Waals surface area contributed by atoms with Gasteiger partial charge in [0.1, 0.15) is 0 Å². The fourth-order valence-corrected chi connectivity index (χ4v) is 4.79. The lowest BCUT2D eigenvalue weighted by molar-refractivity contribution is 1.07. The lowest BCUT2D eigenvalue weighted by Crippen LogP contribution is -2.10. The molecule has 0 saturated carbocycles. The van der Waals surface area contributed by atoms with Crippen molar-refractivity contribution in [2.45, 2.75) is 36.5 Å². The number of hydrogen-bond donors (Lipinski definition) is 2. The SMILES string of the molecule is CC(S)CSC(C)CSC(C)CSCCS. The van der Waals surface area contributed by atoms with Crippen LogP contribution < -0.4 is 0 Å². The molecule has 98 valence electrons. The zero-order chi connectivity index (χ0) is 12.4. The molecule has 5 heteroatoms. The Morgan fingerprint density at radius 2 is 1.50 bits per heavy atom. The molecule has 0 radical (unpaired) electrons. The van der Waals surface area contributed by atoms with Gasteiger partial charge in [-0.2, -0.15) is 60.5 Å². The van der Waals surface area contributed by atoms with Crippen molar-refractivity contribution in [1.82, 2.24) is 0 Å². The van der Waals surface area contributed by atoms with Gasteiger partial charge < -0.3 is 0 Å². The molecule has 0 N–H and O–H groups in total. The molecule has 0 aliphatic carbocycles. The van der Waals surface area contributed by atoms with E-state index in [1.165, 1.54) is 17.3 Å². The molecule has 0 aliphatic heterocycles. The van der Waals surface area contributed by atoms with E-state index in [0.717, 1.165) is 22.0 Å². The lowest BCUT2D eigenvalue weighted by Gasteiger charge is -2.15. The Morgan fingerprint density at radius 1 is 0.938 bits per heavy atom. The van der Waals surface area contributed by atoms with Crippen LogP contribution in [0.1, 0.15) is 20.8 Å². The van der Waals surface area contributed by atoms with Crippen molar-refractivity contribution in [2.75, 3.05) is 28.8 Å². The maximum Gasteiger partial charge on any atom is 0.0110 e. The Labute approximate surface area is 125 Å². The molecule has 0 nitrogen and oxygen atoms in total. The molecule has 3 atom stereocenters. The first-order valence-corrected chi connectivity index (χ1v) is 10.1. The molecule has 3 unspecified atom stereocenters. The van der Waals surface area contributed by atoms with Crippen molar-refractivity contribution in [3.05, 3.63) is 0 Å². The predicted octanol–water partition coefficient (Wildman–Crippen LogP) is 4.21. The smallest absolute Gasteiger partial charge is 0.0110 e. The van der Waals surface area contributed by atoms with Gasteiger partial charge in [-0.3, -0.25) is 0 Å². The molecule has 0 aromatic rings. The molecule has 0 saturated heterocycles. The van der Waals surface area contributed by atoms with Crippen molar-refractivity contribution >= 4 is 60.5 Å². The predicted molar refractivity (Wildman–Crippen MR) is 93.5 cm³/mol. The summed E-state index contributed by atoms with van der Waals surface area (Å²) in [6.07, 6.45) is 0. The normalized spacial score (nSPS) is 17.1. The first kappa shape index (κ1) is 17.8. The van der Waals surface area contributed by atoms with Gasteiger partial charge in [0.05, 0.1) is 0 Å². The van der Waals surface area contributed by atoms with Crippen LogP contribution in [0, 0.1) is 0 Å². The average Bonchev–Trinajstić information content (AvgIpc) is 2.24. The molecule has 0 aromatic heterocycles. The summed E-state index contributed by atoms with van der Waals surface area (Å²) < 4.78 is 0. The highest BCUT2D eigenvalue weighted by atomic mass is 32.2. The van der Waals surface area contributed by atoms with Crippen LogP contribution in [0.3, 0.4) is 0 Å². The second-order valence-electron chi connectivity index (χ2n) is 3.94. The summed E-state index contributed by atoms with van der Waals surface area (Å²) in [6.45, 7) is 6.81. The Balaban J connectivity index is 3.39. The molecule has 0 bridgehead atoms. The fraction of sp³-hybridized carbons (Fsp3) is 1.00. The van der Waals surface area contributed by atoms with Gasteiger partial charge in [0.2, 0.25) is 0 Å². The zero-order valence-electron chi connectivity index (χ0n) is 10.4. The van der Waals surface area contributed by atoms with Crippen molar-refractivity contribution in [1.29, 1.82) is 0 Å². The minimum atomic E-state index is 0.515. The summed E-state index contributed by atoms with van der Waals surface area (Å²) in [7, 11) is 0. The monoisotopic (exact) mass is 316 g/mol. The van der Waals surface area contributed by atoms with E-state index in [4.69, 9.17) is 0 Å². The van der Waals surface area contributed by atoms with Crippen LogP contribution in [0.25, 0.3) is 0 Å². The van der Waals surface area contributed by atoms with Crippen LogP contribution in [0.5, 0.6) is 0 Å². The van der Waals surface area contributed by atoms with Crippen LogP contribution in [0.15, 0.2) is 0 Å². The van der Waals surface area contributed by atoms with Crippen molar-refractivity contribution in [2.24, 2.45) is 0 Å². The topological polar surface area (TPSA) is 0 Å². The fourth-order valence-electron chi connectivity index (χ4n) is 1.01. The Morgan fingerprint density at radius 3 is 2.06 bits per heavy atom. The highest BCUT2D eigenvalue weighted by Crippen LogP contribution is 2.23. The Hall–Kier alpha value is 1.75. The van der Waals surface area contributed by atoms with Crippen LogP contribution in [-0.4, -0.2) is 44.5 Å². The first-order valence-electron chi connectivity index (χ1n) is 5.66. The van der Waals surface area contributed by atoms with Gasteiger partial charge >= 0.3 is 0 Å². The number of thiol groups is 2. The van der Waals surface area contributed by atoms with Crippen molar-refractivity contribution < 1.29 is 0 Å². The standard InChI is InChI=1S/C11H24S5/c1-9(13)6-15-11(3)8-16-10(2)7-14-5-4-12/h9-13H,4-8H2,1-3H3. The van der Waals surface area contributed by atoms with Crippen LogP contribution in [-0.2, 0) is 0 Å². The Bertz CT molecular complexity index is 151. The van der Waals surface area contributed by atoms with E-state index < -0.39 is 0 Å². The van der Waals surface area contributed by atoms with E-state index >= 15 is 0 Å². The van der Waals surface area contributed by atoms with Gasteiger partial charge in [-0.1, -0.05) is 20.8 Å². The molecule has 0 rings (SSSR count). The van der Waals surface area contributed by atoms with Gasteiger partial charge in [-0.15, -0.1) is 0 Å². The van der Waals surface area contributed by atoms with Crippen molar-refractivity contribution in [3.8, 4) is 0 Å². The average molecular weight is 317 g/mol. The van der Waals surface area contributed by atoms with E-state index in [1.807, 2.05) is 23.5 Å². The molecule has 0 amide bonds. The van der Waals surface area contributed by atoms with E-state index in [0.29, 0.717) is 5.25 Å². The summed E-state index contributed by atoms with van der Waals surface area (Å²) in [5.41, 5.74) is 0. The molecular weight excluding hydrogens is 292 g/mol. The third-order valence-electron chi connectivity index (χ3n) is 1.83. The summed E-state index contributed by atoms with van der Waals surface area (Å²) in [5.74, 6) is 5.84. The molecule has 0 aromatic carbocycles. The number of thioether (sulfide) groups is 3. The minimum Gasteiger partial charge on any atom is -0.179 e. The number of hydrogen-bond acceptors (Lipinski definition) is 5. The van der Waals surface area contributed by atoms with Crippen molar-refractivity contribution in [3.63, 3.8) is 0 Å². The van der Waals surface area contributed by atoms with E-state index in [1.54, 1.807) is 0 Å². The molecule has 0 heterocycles. The zero-order valence-corrected chi connectivity index (χ0v) is 14.6. The summed E-state index contributed by atoms with van der Waals surface area (Å²) in [4.78, 5) is 0. The number of rotatable bonds is 10. The molecule has 0 aliphatic rings. The van der Waals surface area contributed by atoms with Gasteiger partial charge in [-0.25, -0.2) is 0 Å². The van der Waals surface area contributed by atoms with E-state index in [9.17, 15) is 0 Å². The van der Waals surface area contributed by atoms with E-state index in [-0.39, 0.29) is 0 Å². The highest BCUT2D eigenvalue weighted by molar-refractivity contribution is 8.05. The minimum absolute atomic E-state index is 0.515. The first-order chi connectivity index (χ1) is 7.56. The van der Waals surface area contributed by atoms with Crippen LogP contribution in [0.2, 0.25) is 0 Å². The highest BCUT2D eigenvalue weighted by Gasteiger charge is 2.08. The maximum absolute atomic E-state index is 4.40. The Kier molecular flexibility index (Phi) is 13.1. The van der Waals surface area contributed by atoms with E-state index in [2.05, 4.69) is 57.8 Å². The molecule has 16 heavy (non-hydrogen) atoms. The van der Waals surface area contributed by atoms with Gasteiger partial charge in [0.15, 0.2) is 0 Å². The quantitative estimate of drug-likeness (QED) is 0.458. The lowest BCUT2D eigenvalue weighted by atomic mass is 10.5. The summed E-state index contributed by atoms with van der Waals surface area (Å²) >= 11 is 14.8. The van der Waals surface area contributed by atoms with Gasteiger partial charge in [-0.05, 0) is 5.75 Å². The molecule has 0 spiro atoms. The third kappa shape index (κ3) is 12.2. The largest absolute Gasteiger partial charge is 0.179 e. The molecule has 0 fully saturated rings. The second-order valence-corrected chi connectivity index (χ2v) is 9.36. The third-order valence-corrected chi connectivity index (χ3v) is 7.29. The van der Waals surface area contributed by atoms with Crippen LogP contribution >= 0.6 is 60.5 Å². The van der Waals surface area contributed by atoms with Gasteiger partial charge in [0, 0.05) is 38.8 Å². The van der Waals surface area contributed by atoms with Gasteiger partial charge in [0.25, 0.3) is 0 Å². The molecular formula is C11H24S5. The summed E-state index contributed by atoms with van der Waals surface area (Å²) in [6, 6.07) is 0. The summed E-state index contributed by atoms with van der Waals surface area (Å²) in [5, 5.41) is 2.03. The maximum atomic E-state index is 4.40.